The van der Waals surface area contributed by atoms with Gasteiger partial charge in [-0.15, -0.1) is 0 Å². The first kappa shape index (κ1) is 42.4. The molecule has 3 atom stereocenters. The van der Waals surface area contributed by atoms with Gasteiger partial charge in [-0.25, -0.2) is 14.4 Å². The van der Waals surface area contributed by atoms with Gasteiger partial charge in [0.25, 0.3) is 0 Å². The molecule has 44 heavy (non-hydrogen) atoms. The molecule has 0 aromatic carbocycles. The summed E-state index contributed by atoms with van der Waals surface area (Å²) in [6, 6.07) is -3.12. The Labute approximate surface area is 271 Å². The van der Waals surface area contributed by atoms with Gasteiger partial charge in [-0.05, 0) is 32.1 Å². The molecular weight excluding hydrogens is 554 g/mol. The number of carbonyl (C=O) groups is 3. The van der Waals surface area contributed by atoms with Gasteiger partial charge in [-0.3, -0.25) is 4.48 Å². The Bertz CT molecular complexity index is 667. The molecule has 3 N–H and O–H groups in total. The number of nitrogens with zero attached hydrogens (tertiary/aromatic N) is 1. The molecule has 0 bridgehead atoms. The van der Waals surface area contributed by atoms with Crippen molar-refractivity contribution in [2.24, 2.45) is 0 Å². The molecule has 3 unspecified atom stereocenters. The summed E-state index contributed by atoms with van der Waals surface area (Å²) in [5.41, 5.74) is 0. The van der Waals surface area contributed by atoms with E-state index in [1.54, 1.807) is 0 Å². The first-order valence-corrected chi connectivity index (χ1v) is 18.8. The van der Waals surface area contributed by atoms with Crippen LogP contribution in [0.2, 0.25) is 0 Å². The Morgan fingerprint density at radius 2 is 0.614 bits per heavy atom. The second kappa shape index (κ2) is 27.7. The van der Waals surface area contributed by atoms with Gasteiger partial charge >= 0.3 is 17.9 Å². The predicted octanol–water partition coefficient (Wildman–Crippen LogP) is 10.4. The second-order valence-corrected chi connectivity index (χ2v) is 13.4. The lowest BCUT2D eigenvalue weighted by atomic mass is 9.91. The zero-order valence-electron chi connectivity index (χ0n) is 29.3. The molecule has 7 heteroatoms. The third-order valence-corrected chi connectivity index (χ3v) is 9.68. The molecule has 0 amide bonds. The first-order chi connectivity index (χ1) is 21.2. The van der Waals surface area contributed by atoms with Gasteiger partial charge in [0.15, 0.2) is 18.1 Å². The summed E-state index contributed by atoms with van der Waals surface area (Å²) in [6.45, 7) is 8.20. The minimum Gasteiger partial charge on any atom is -0.477 e. The number of aliphatic carboxylic acids is 3. The number of hydrogen-bond donors (Lipinski definition) is 3. The number of quaternary nitrogens is 1. The van der Waals surface area contributed by atoms with Crippen molar-refractivity contribution >= 4 is 17.9 Å². The van der Waals surface area contributed by atoms with Crippen molar-refractivity contribution in [3.63, 3.8) is 0 Å². The van der Waals surface area contributed by atoms with Crippen LogP contribution in [0.3, 0.4) is 0 Å². The average Bonchev–Trinajstić information content (AvgIpc) is 2.98. The van der Waals surface area contributed by atoms with Gasteiger partial charge in [-0.1, -0.05) is 143 Å². The highest BCUT2D eigenvalue weighted by Gasteiger charge is 2.56. The van der Waals surface area contributed by atoms with E-state index in [-0.39, 0.29) is 30.3 Å². The minimum absolute atomic E-state index is 0.273. The fourth-order valence-electron chi connectivity index (χ4n) is 7.29. The topological polar surface area (TPSA) is 112 Å². The standard InChI is InChI=1S/C37H71NO6/c1-5-9-10-11-12-13-14-15-16-17-18-19-20-21-22-23-24-25-26-27-31-38(32(28-6-2)35(39)40,33(29-7-3)36(41)42)34(30-8-4)37(43)44/h32-34H,5-31H2,1-4H3,(H2-,39,40,41,42,43,44)/p+1. The largest absolute Gasteiger partial charge is 0.477 e. The number of rotatable bonds is 33. The number of carboxylic acids is 3. The molecule has 0 saturated heterocycles. The van der Waals surface area contributed by atoms with E-state index in [0.717, 1.165) is 19.3 Å². The smallest absolute Gasteiger partial charge is 0.362 e. The molecule has 0 rings (SSSR count). The predicted molar refractivity (Wildman–Crippen MR) is 182 cm³/mol. The van der Waals surface area contributed by atoms with Crippen molar-refractivity contribution in [2.75, 3.05) is 6.54 Å². The van der Waals surface area contributed by atoms with Crippen LogP contribution in [0.1, 0.15) is 195 Å². The third kappa shape index (κ3) is 17.2. The van der Waals surface area contributed by atoms with Crippen molar-refractivity contribution in [1.82, 2.24) is 0 Å². The van der Waals surface area contributed by atoms with E-state index in [9.17, 15) is 29.7 Å². The highest BCUT2D eigenvalue weighted by Crippen LogP contribution is 2.34. The van der Waals surface area contributed by atoms with E-state index < -0.39 is 36.0 Å². The lowest BCUT2D eigenvalue weighted by molar-refractivity contribution is -0.973. The number of carboxylic acid groups (broad SMARTS) is 3. The van der Waals surface area contributed by atoms with E-state index in [4.69, 9.17) is 0 Å². The van der Waals surface area contributed by atoms with E-state index in [0.29, 0.717) is 25.7 Å². The zero-order valence-corrected chi connectivity index (χ0v) is 29.3. The number of hydrogen-bond acceptors (Lipinski definition) is 3. The van der Waals surface area contributed by atoms with Crippen LogP contribution in [0.25, 0.3) is 0 Å². The van der Waals surface area contributed by atoms with Crippen LogP contribution >= 0.6 is 0 Å². The highest BCUT2D eigenvalue weighted by atomic mass is 16.4. The summed E-state index contributed by atoms with van der Waals surface area (Å²) < 4.78 is -0.367. The summed E-state index contributed by atoms with van der Waals surface area (Å²) in [5, 5.41) is 30.9. The maximum atomic E-state index is 12.6. The van der Waals surface area contributed by atoms with Gasteiger partial charge in [0.1, 0.15) is 0 Å². The molecule has 0 saturated carbocycles. The summed E-state index contributed by atoms with van der Waals surface area (Å²) in [6.07, 6.45) is 27.8. The van der Waals surface area contributed by atoms with Crippen molar-refractivity contribution < 1.29 is 34.2 Å². The van der Waals surface area contributed by atoms with E-state index in [1.165, 1.54) is 103 Å². The van der Waals surface area contributed by atoms with Crippen LogP contribution in [-0.4, -0.2) is 62.4 Å². The zero-order chi connectivity index (χ0) is 33.1. The number of unbranched alkanes of at least 4 members (excludes halogenated alkanes) is 19. The maximum Gasteiger partial charge on any atom is 0.362 e. The Balaban J connectivity index is 4.68. The fourth-order valence-corrected chi connectivity index (χ4v) is 7.29. The van der Waals surface area contributed by atoms with Crippen LogP contribution in [0.15, 0.2) is 0 Å². The average molecular weight is 627 g/mol. The molecule has 0 aliphatic carbocycles. The second-order valence-electron chi connectivity index (χ2n) is 13.4. The van der Waals surface area contributed by atoms with E-state index in [1.807, 2.05) is 20.8 Å². The lowest BCUT2D eigenvalue weighted by Crippen LogP contribution is -2.72. The Morgan fingerprint density at radius 1 is 0.386 bits per heavy atom. The molecule has 7 nitrogen and oxygen atoms in total. The normalized spacial score (nSPS) is 15.0. The summed E-state index contributed by atoms with van der Waals surface area (Å²) in [5.74, 6) is -3.24. The summed E-state index contributed by atoms with van der Waals surface area (Å²) >= 11 is 0. The molecule has 0 aliphatic heterocycles. The lowest BCUT2D eigenvalue weighted by Gasteiger charge is -2.50. The Kier molecular flexibility index (Phi) is 26.6. The molecule has 0 aromatic rings. The highest BCUT2D eigenvalue weighted by molar-refractivity contribution is 5.78. The van der Waals surface area contributed by atoms with Crippen LogP contribution in [-0.2, 0) is 14.4 Å². The van der Waals surface area contributed by atoms with Crippen molar-refractivity contribution in [3.8, 4) is 0 Å². The van der Waals surface area contributed by atoms with Crippen molar-refractivity contribution in [3.05, 3.63) is 0 Å². The van der Waals surface area contributed by atoms with E-state index >= 15 is 0 Å². The van der Waals surface area contributed by atoms with Crippen LogP contribution in [0, 0.1) is 0 Å². The van der Waals surface area contributed by atoms with Gasteiger partial charge in [0, 0.05) is 19.3 Å². The van der Waals surface area contributed by atoms with Crippen molar-refractivity contribution in [2.45, 2.75) is 213 Å². The molecule has 0 heterocycles. The molecule has 0 radical (unpaired) electrons. The SMILES string of the molecule is CCCCCCCCCCCCCCCCCCCCCC[N+](C(CCC)C(=O)O)(C(CCC)C(=O)O)C(CCC)C(=O)O. The van der Waals surface area contributed by atoms with Crippen molar-refractivity contribution in [1.29, 1.82) is 0 Å². The molecule has 0 spiro atoms. The molecule has 0 fully saturated rings. The van der Waals surface area contributed by atoms with Gasteiger partial charge in [0.05, 0.1) is 6.54 Å². The Hall–Kier alpha value is -1.63. The van der Waals surface area contributed by atoms with E-state index in [2.05, 4.69) is 6.92 Å². The fraction of sp³-hybridized carbons (Fsp3) is 0.919. The van der Waals surface area contributed by atoms with Crippen LogP contribution in [0.5, 0.6) is 0 Å². The van der Waals surface area contributed by atoms with Crippen LogP contribution in [0.4, 0.5) is 0 Å². The minimum atomic E-state index is -1.08. The third-order valence-electron chi connectivity index (χ3n) is 9.68. The Morgan fingerprint density at radius 3 is 0.818 bits per heavy atom. The molecule has 260 valence electrons. The summed E-state index contributed by atoms with van der Waals surface area (Å²) in [7, 11) is 0. The monoisotopic (exact) mass is 627 g/mol. The van der Waals surface area contributed by atoms with Gasteiger partial charge in [0.2, 0.25) is 0 Å². The first-order valence-electron chi connectivity index (χ1n) is 18.8. The van der Waals surface area contributed by atoms with Gasteiger partial charge in [-0.2, -0.15) is 0 Å². The molecular formula is C37H72NO6+. The molecule has 0 aliphatic rings. The maximum absolute atomic E-state index is 12.6. The van der Waals surface area contributed by atoms with Gasteiger partial charge < -0.3 is 15.3 Å². The van der Waals surface area contributed by atoms with Crippen LogP contribution < -0.4 is 0 Å². The quantitative estimate of drug-likeness (QED) is 0.0493. The molecule has 0 aromatic heterocycles. The summed E-state index contributed by atoms with van der Waals surface area (Å²) in [4.78, 5) is 37.8.